The molecule has 0 spiro atoms. The predicted octanol–water partition coefficient (Wildman–Crippen LogP) is 6.31. The zero-order valence-electron chi connectivity index (χ0n) is 13.3. The molecule has 0 radical (unpaired) electrons. The van der Waals surface area contributed by atoms with Crippen LogP contribution in [0.15, 0.2) is 48.5 Å². The summed E-state index contributed by atoms with van der Waals surface area (Å²) in [6.45, 7) is 2.25. The first-order chi connectivity index (χ1) is 10.8. The van der Waals surface area contributed by atoms with Crippen molar-refractivity contribution in [3.05, 3.63) is 54.1 Å². The van der Waals surface area contributed by atoms with Gasteiger partial charge in [0, 0.05) is 9.58 Å². The largest absolute Gasteiger partial charge is 0.497 e. The van der Waals surface area contributed by atoms with Gasteiger partial charge in [0.25, 0.3) is 0 Å². The van der Waals surface area contributed by atoms with E-state index in [0.717, 1.165) is 5.75 Å². The molecule has 1 nitrogen and oxygen atoms in total. The van der Waals surface area contributed by atoms with Gasteiger partial charge in [0.05, 0.1) is 7.11 Å². The smallest absolute Gasteiger partial charge is 0.120 e. The summed E-state index contributed by atoms with van der Waals surface area (Å²) >= 11 is 1.83. The van der Waals surface area contributed by atoms with Crippen LogP contribution < -0.4 is 4.74 Å². The van der Waals surface area contributed by atoms with Gasteiger partial charge >= 0.3 is 0 Å². The van der Waals surface area contributed by atoms with E-state index in [1.807, 2.05) is 17.4 Å². The summed E-state index contributed by atoms with van der Waals surface area (Å²) in [6.07, 6.45) is 5.08. The Hall–Kier alpha value is -1.80. The molecule has 1 aromatic heterocycles. The average molecular weight is 310 g/mol. The van der Waals surface area contributed by atoms with Gasteiger partial charge in [-0.15, -0.1) is 11.3 Å². The number of benzene rings is 2. The highest BCUT2D eigenvalue weighted by Crippen LogP contribution is 2.35. The maximum absolute atomic E-state index is 5.31. The summed E-state index contributed by atoms with van der Waals surface area (Å²) in [6, 6.07) is 17.6. The fourth-order valence-electron chi connectivity index (χ4n) is 2.70. The quantitative estimate of drug-likeness (QED) is 0.485. The highest BCUT2D eigenvalue weighted by atomic mass is 32.1. The van der Waals surface area contributed by atoms with E-state index in [1.165, 1.54) is 51.8 Å². The van der Waals surface area contributed by atoms with E-state index in [9.17, 15) is 0 Å². The van der Waals surface area contributed by atoms with Crippen LogP contribution in [0.3, 0.4) is 0 Å². The third kappa shape index (κ3) is 3.33. The molecule has 3 aromatic rings. The van der Waals surface area contributed by atoms with Crippen LogP contribution in [0.4, 0.5) is 0 Å². The van der Waals surface area contributed by atoms with Crippen LogP contribution in [0, 0.1) is 0 Å². The maximum atomic E-state index is 5.31. The Balaban J connectivity index is 1.81. The third-order valence-electron chi connectivity index (χ3n) is 4.03. The molecule has 0 amide bonds. The van der Waals surface area contributed by atoms with E-state index in [4.69, 9.17) is 4.74 Å². The van der Waals surface area contributed by atoms with E-state index >= 15 is 0 Å². The second-order valence-corrected chi connectivity index (χ2v) is 6.75. The first-order valence-electron chi connectivity index (χ1n) is 7.97. The zero-order chi connectivity index (χ0) is 15.4. The van der Waals surface area contributed by atoms with Crippen molar-refractivity contribution in [3.63, 3.8) is 0 Å². The number of rotatable bonds is 6. The predicted molar refractivity (Wildman–Crippen MR) is 97.0 cm³/mol. The van der Waals surface area contributed by atoms with Crippen molar-refractivity contribution in [2.45, 2.75) is 32.6 Å². The number of methoxy groups -OCH3 is 1. The lowest BCUT2D eigenvalue weighted by Crippen LogP contribution is -1.85. The molecule has 1 heterocycles. The lowest BCUT2D eigenvalue weighted by atomic mass is 10.0. The molecule has 0 atom stereocenters. The van der Waals surface area contributed by atoms with Crippen molar-refractivity contribution >= 4 is 21.4 Å². The second-order valence-electron chi connectivity index (χ2n) is 5.67. The molecule has 2 aromatic carbocycles. The average Bonchev–Trinajstić information content (AvgIpc) is 2.98. The molecule has 0 fully saturated rings. The van der Waals surface area contributed by atoms with Gasteiger partial charge in [-0.3, -0.25) is 0 Å². The lowest BCUT2D eigenvalue weighted by molar-refractivity contribution is 0.415. The molecule has 0 aliphatic rings. The van der Waals surface area contributed by atoms with Crippen LogP contribution in [0.25, 0.3) is 20.5 Å². The van der Waals surface area contributed by atoms with Gasteiger partial charge in [0.15, 0.2) is 0 Å². The SMILES string of the molecule is CCCCCc1ccc(-c2cc3ccc(OC)cc3s2)cc1. The molecule has 0 N–H and O–H groups in total. The summed E-state index contributed by atoms with van der Waals surface area (Å²) in [5.41, 5.74) is 2.75. The molecule has 3 rings (SSSR count). The molecule has 0 saturated heterocycles. The molecule has 22 heavy (non-hydrogen) atoms. The van der Waals surface area contributed by atoms with E-state index in [1.54, 1.807) is 7.11 Å². The van der Waals surface area contributed by atoms with Crippen molar-refractivity contribution in [1.29, 1.82) is 0 Å². The van der Waals surface area contributed by atoms with Gasteiger partial charge < -0.3 is 4.74 Å². The summed E-state index contributed by atoms with van der Waals surface area (Å²) in [5, 5.41) is 1.29. The first kappa shape index (κ1) is 15.1. The summed E-state index contributed by atoms with van der Waals surface area (Å²) < 4.78 is 6.59. The zero-order valence-corrected chi connectivity index (χ0v) is 14.1. The van der Waals surface area contributed by atoms with Gasteiger partial charge in [-0.05, 0) is 53.6 Å². The Morgan fingerprint density at radius 1 is 0.955 bits per heavy atom. The molecule has 0 unspecified atom stereocenters. The number of thiophene rings is 1. The fraction of sp³-hybridized carbons (Fsp3) is 0.300. The van der Waals surface area contributed by atoms with Crippen molar-refractivity contribution < 1.29 is 4.74 Å². The van der Waals surface area contributed by atoms with Crippen molar-refractivity contribution in [1.82, 2.24) is 0 Å². The van der Waals surface area contributed by atoms with Crippen molar-refractivity contribution in [2.24, 2.45) is 0 Å². The van der Waals surface area contributed by atoms with Crippen LogP contribution in [-0.4, -0.2) is 7.11 Å². The molecule has 0 saturated carbocycles. The molecule has 2 heteroatoms. The fourth-order valence-corrected chi connectivity index (χ4v) is 3.79. The van der Waals surface area contributed by atoms with Gasteiger partial charge in [-0.2, -0.15) is 0 Å². The van der Waals surface area contributed by atoms with Crippen LogP contribution in [0.2, 0.25) is 0 Å². The second kappa shape index (κ2) is 6.97. The minimum absolute atomic E-state index is 0.923. The Labute approximate surface area is 136 Å². The Kier molecular flexibility index (Phi) is 4.79. The first-order valence-corrected chi connectivity index (χ1v) is 8.78. The molecule has 0 aliphatic carbocycles. The van der Waals surface area contributed by atoms with Gasteiger partial charge in [-0.1, -0.05) is 44.0 Å². The number of fused-ring (bicyclic) bond motifs is 1. The summed E-state index contributed by atoms with van der Waals surface area (Å²) in [4.78, 5) is 1.32. The molecule has 0 bridgehead atoms. The Morgan fingerprint density at radius 2 is 1.77 bits per heavy atom. The van der Waals surface area contributed by atoms with Crippen LogP contribution >= 0.6 is 11.3 Å². The molecular formula is C20H22OS. The van der Waals surface area contributed by atoms with E-state index in [-0.39, 0.29) is 0 Å². The monoisotopic (exact) mass is 310 g/mol. The minimum atomic E-state index is 0.923. The normalized spacial score (nSPS) is 11.0. The number of hydrogen-bond acceptors (Lipinski definition) is 2. The van der Waals surface area contributed by atoms with E-state index in [2.05, 4.69) is 49.4 Å². The van der Waals surface area contributed by atoms with Gasteiger partial charge in [0.1, 0.15) is 5.75 Å². The Morgan fingerprint density at radius 3 is 2.50 bits per heavy atom. The van der Waals surface area contributed by atoms with E-state index in [0.29, 0.717) is 0 Å². The Bertz CT molecular complexity index is 740. The van der Waals surface area contributed by atoms with Gasteiger partial charge in [-0.25, -0.2) is 0 Å². The van der Waals surface area contributed by atoms with Crippen molar-refractivity contribution in [2.75, 3.05) is 7.11 Å². The number of aryl methyl sites for hydroxylation is 1. The standard InChI is InChI=1S/C20H22OS/c1-3-4-5-6-15-7-9-16(10-8-15)19-13-17-11-12-18(21-2)14-20(17)22-19/h7-14H,3-6H2,1-2H3. The molecule has 114 valence electrons. The molecule has 0 aliphatic heterocycles. The summed E-state index contributed by atoms with van der Waals surface area (Å²) in [5.74, 6) is 0.923. The lowest BCUT2D eigenvalue weighted by Gasteiger charge is -2.02. The number of hydrogen-bond donors (Lipinski definition) is 0. The number of unbranched alkanes of at least 4 members (excludes halogenated alkanes) is 2. The number of ether oxygens (including phenoxy) is 1. The van der Waals surface area contributed by atoms with Crippen LogP contribution in [-0.2, 0) is 6.42 Å². The highest BCUT2D eigenvalue weighted by Gasteiger charge is 2.05. The minimum Gasteiger partial charge on any atom is -0.497 e. The highest BCUT2D eigenvalue weighted by molar-refractivity contribution is 7.22. The van der Waals surface area contributed by atoms with E-state index < -0.39 is 0 Å². The maximum Gasteiger partial charge on any atom is 0.120 e. The van der Waals surface area contributed by atoms with Crippen molar-refractivity contribution in [3.8, 4) is 16.2 Å². The van der Waals surface area contributed by atoms with Crippen LogP contribution in [0.1, 0.15) is 31.7 Å². The van der Waals surface area contributed by atoms with Crippen LogP contribution in [0.5, 0.6) is 5.75 Å². The third-order valence-corrected chi connectivity index (χ3v) is 5.18. The van der Waals surface area contributed by atoms with Gasteiger partial charge in [0.2, 0.25) is 0 Å². The topological polar surface area (TPSA) is 9.23 Å². The summed E-state index contributed by atoms with van der Waals surface area (Å²) in [7, 11) is 1.72. The molecular weight excluding hydrogens is 288 g/mol.